The van der Waals surface area contributed by atoms with Crippen LogP contribution in [0, 0.1) is 18.6 Å². The lowest BCUT2D eigenvalue weighted by Gasteiger charge is -2.08. The predicted octanol–water partition coefficient (Wildman–Crippen LogP) is 5.43. The zero-order valence-corrected chi connectivity index (χ0v) is 15.8. The third kappa shape index (κ3) is 4.34. The summed E-state index contributed by atoms with van der Waals surface area (Å²) in [5.41, 5.74) is 1.90. The minimum atomic E-state index is -0.819. The molecule has 0 atom stereocenters. The topological polar surface area (TPSA) is 67.4 Å². The van der Waals surface area contributed by atoms with Gasteiger partial charge in [0.1, 0.15) is 11.6 Å². The summed E-state index contributed by atoms with van der Waals surface area (Å²) in [4.78, 5) is 25.2. The van der Waals surface area contributed by atoms with Gasteiger partial charge in [0.15, 0.2) is 0 Å². The number of benzene rings is 2. The van der Waals surface area contributed by atoms with E-state index in [0.29, 0.717) is 10.6 Å². The van der Waals surface area contributed by atoms with Gasteiger partial charge in [-0.2, -0.15) is 0 Å². The van der Waals surface area contributed by atoms with E-state index in [4.69, 9.17) is 0 Å². The minimum absolute atomic E-state index is 0.112. The van der Waals surface area contributed by atoms with Gasteiger partial charge < -0.3 is 10.1 Å². The van der Waals surface area contributed by atoms with E-state index in [9.17, 15) is 18.4 Å². The van der Waals surface area contributed by atoms with Crippen molar-refractivity contribution in [3.05, 3.63) is 70.6 Å². The Morgan fingerprint density at radius 2 is 1.71 bits per heavy atom. The molecule has 0 saturated carbocycles. The molecule has 5 nitrogen and oxygen atoms in total. The van der Waals surface area contributed by atoms with Crippen LogP contribution in [-0.2, 0) is 4.74 Å². The van der Waals surface area contributed by atoms with Gasteiger partial charge in [0.2, 0.25) is 0 Å². The zero-order valence-electron chi connectivity index (χ0n) is 15.0. The van der Waals surface area contributed by atoms with Gasteiger partial charge in [0.05, 0.1) is 17.7 Å². The first-order valence-corrected chi connectivity index (χ1v) is 9.01. The largest absolute Gasteiger partial charge is 0.453 e. The molecule has 144 valence electrons. The average Bonchev–Trinajstić information content (AvgIpc) is 3.07. The summed E-state index contributed by atoms with van der Waals surface area (Å²) < 4.78 is 31.4. The van der Waals surface area contributed by atoms with Crippen LogP contribution in [0.3, 0.4) is 0 Å². The van der Waals surface area contributed by atoms with Crippen LogP contribution in [0.25, 0.3) is 10.4 Å². The normalized spacial score (nSPS) is 10.4. The van der Waals surface area contributed by atoms with E-state index < -0.39 is 11.9 Å². The molecular formula is C20H16F2N2O3S. The Morgan fingerprint density at radius 1 is 1.00 bits per heavy atom. The molecule has 0 unspecified atom stereocenters. The van der Waals surface area contributed by atoms with Crippen LogP contribution in [0.2, 0.25) is 0 Å². The van der Waals surface area contributed by atoms with E-state index in [-0.39, 0.29) is 17.4 Å². The number of rotatable bonds is 4. The van der Waals surface area contributed by atoms with Crippen molar-refractivity contribution in [3.63, 3.8) is 0 Å². The van der Waals surface area contributed by atoms with Crippen LogP contribution in [0.1, 0.15) is 15.2 Å². The van der Waals surface area contributed by atoms with Gasteiger partial charge in [0.25, 0.3) is 5.91 Å². The SMILES string of the molecule is COC(=O)Nc1cc(NC(=O)c2cc(C)c(-c3ccc(F)cc3)s2)ccc1F. The van der Waals surface area contributed by atoms with Gasteiger partial charge in [-0.25, -0.2) is 13.6 Å². The highest BCUT2D eigenvalue weighted by atomic mass is 32.1. The molecule has 3 aromatic rings. The highest BCUT2D eigenvalue weighted by Crippen LogP contribution is 2.33. The molecule has 0 spiro atoms. The lowest BCUT2D eigenvalue weighted by molar-refractivity contribution is 0.103. The Balaban J connectivity index is 1.80. The summed E-state index contributed by atoms with van der Waals surface area (Å²) >= 11 is 1.27. The standard InChI is InChI=1S/C20H16F2N2O3S/c1-11-9-17(28-18(11)12-3-5-13(21)6-4-12)19(25)23-14-7-8-15(22)16(10-14)24-20(26)27-2/h3-10H,1-2H3,(H,23,25)(H,24,26). The molecule has 0 aliphatic rings. The van der Waals surface area contributed by atoms with Crippen LogP contribution in [0.15, 0.2) is 48.5 Å². The fourth-order valence-corrected chi connectivity index (χ4v) is 3.61. The van der Waals surface area contributed by atoms with Gasteiger partial charge in [-0.05, 0) is 54.4 Å². The first kappa shape index (κ1) is 19.5. The molecule has 0 saturated heterocycles. The third-order valence-electron chi connectivity index (χ3n) is 3.89. The van der Waals surface area contributed by atoms with E-state index in [1.54, 1.807) is 18.2 Å². The van der Waals surface area contributed by atoms with Crippen molar-refractivity contribution in [3.8, 4) is 10.4 Å². The Kier molecular flexibility index (Phi) is 5.70. The molecule has 0 fully saturated rings. The maximum Gasteiger partial charge on any atom is 0.411 e. The summed E-state index contributed by atoms with van der Waals surface area (Å²) in [5.74, 6) is -1.37. The number of nitrogens with one attached hydrogen (secondary N) is 2. The second-order valence-corrected chi connectivity index (χ2v) is 6.95. The van der Waals surface area contributed by atoms with E-state index in [1.165, 1.54) is 35.6 Å². The van der Waals surface area contributed by atoms with Crippen LogP contribution in [0.5, 0.6) is 0 Å². The fraction of sp³-hybridized carbons (Fsp3) is 0.100. The second-order valence-electron chi connectivity index (χ2n) is 5.90. The van der Waals surface area contributed by atoms with Crippen LogP contribution in [0.4, 0.5) is 25.0 Å². The summed E-state index contributed by atoms with van der Waals surface area (Å²) in [6.45, 7) is 1.86. The fourth-order valence-electron chi connectivity index (χ4n) is 2.53. The quantitative estimate of drug-likeness (QED) is 0.611. The van der Waals surface area contributed by atoms with Crippen molar-refractivity contribution >= 4 is 34.7 Å². The minimum Gasteiger partial charge on any atom is -0.453 e. The Morgan fingerprint density at radius 3 is 2.39 bits per heavy atom. The first-order valence-electron chi connectivity index (χ1n) is 8.19. The maximum atomic E-state index is 13.8. The number of amides is 2. The predicted molar refractivity (Wildman–Crippen MR) is 105 cm³/mol. The van der Waals surface area contributed by atoms with E-state index in [1.807, 2.05) is 6.92 Å². The van der Waals surface area contributed by atoms with Gasteiger partial charge in [-0.3, -0.25) is 10.1 Å². The number of carbonyl (C=O) groups excluding carboxylic acids is 2. The smallest absolute Gasteiger partial charge is 0.411 e. The van der Waals surface area contributed by atoms with E-state index in [2.05, 4.69) is 15.4 Å². The van der Waals surface area contributed by atoms with Crippen molar-refractivity contribution in [2.75, 3.05) is 17.7 Å². The van der Waals surface area contributed by atoms with E-state index in [0.717, 1.165) is 29.2 Å². The Hall–Kier alpha value is -3.26. The van der Waals surface area contributed by atoms with Gasteiger partial charge in [0, 0.05) is 10.6 Å². The highest BCUT2D eigenvalue weighted by Gasteiger charge is 2.15. The third-order valence-corrected chi connectivity index (χ3v) is 5.18. The summed E-state index contributed by atoms with van der Waals surface area (Å²) in [7, 11) is 1.16. The van der Waals surface area contributed by atoms with Gasteiger partial charge in [-0.15, -0.1) is 11.3 Å². The molecular weight excluding hydrogens is 386 g/mol. The zero-order chi connectivity index (χ0) is 20.3. The van der Waals surface area contributed by atoms with Crippen molar-refractivity contribution in [2.24, 2.45) is 0 Å². The molecule has 2 amide bonds. The number of methoxy groups -OCH3 is 1. The van der Waals surface area contributed by atoms with Gasteiger partial charge >= 0.3 is 6.09 Å². The Bertz CT molecular complexity index is 1030. The van der Waals surface area contributed by atoms with E-state index >= 15 is 0 Å². The van der Waals surface area contributed by atoms with Crippen LogP contribution in [-0.4, -0.2) is 19.1 Å². The maximum absolute atomic E-state index is 13.8. The molecule has 0 aliphatic heterocycles. The number of anilines is 2. The molecule has 1 heterocycles. The molecule has 28 heavy (non-hydrogen) atoms. The number of carbonyl (C=O) groups is 2. The molecule has 0 radical (unpaired) electrons. The first-order chi connectivity index (χ1) is 13.4. The highest BCUT2D eigenvalue weighted by molar-refractivity contribution is 7.17. The number of hydrogen-bond donors (Lipinski definition) is 2. The average molecular weight is 402 g/mol. The molecule has 0 aliphatic carbocycles. The number of hydrogen-bond acceptors (Lipinski definition) is 4. The Labute approximate surface area is 164 Å². The molecule has 1 aromatic heterocycles. The number of aryl methyl sites for hydroxylation is 1. The lowest BCUT2D eigenvalue weighted by atomic mass is 10.1. The monoisotopic (exact) mass is 402 g/mol. The van der Waals surface area contributed by atoms with Crippen molar-refractivity contribution in [1.82, 2.24) is 0 Å². The van der Waals surface area contributed by atoms with Crippen molar-refractivity contribution in [2.45, 2.75) is 6.92 Å². The number of ether oxygens (including phenoxy) is 1. The van der Waals surface area contributed by atoms with Gasteiger partial charge in [-0.1, -0.05) is 12.1 Å². The summed E-state index contributed by atoms with van der Waals surface area (Å²) in [5, 5.41) is 4.91. The number of thiophene rings is 1. The molecule has 8 heteroatoms. The van der Waals surface area contributed by atoms with Crippen molar-refractivity contribution < 1.29 is 23.1 Å². The molecule has 2 N–H and O–H groups in total. The number of halogens is 2. The van der Waals surface area contributed by atoms with Crippen LogP contribution >= 0.6 is 11.3 Å². The van der Waals surface area contributed by atoms with Crippen LogP contribution < -0.4 is 10.6 Å². The molecule has 3 rings (SSSR count). The summed E-state index contributed by atoms with van der Waals surface area (Å²) in [6, 6.07) is 11.6. The molecule has 2 aromatic carbocycles. The van der Waals surface area contributed by atoms with Crippen molar-refractivity contribution in [1.29, 1.82) is 0 Å². The summed E-state index contributed by atoms with van der Waals surface area (Å²) in [6.07, 6.45) is -0.819. The second kappa shape index (κ2) is 8.18. The lowest BCUT2D eigenvalue weighted by Crippen LogP contribution is -2.14. The molecule has 0 bridgehead atoms.